The van der Waals surface area contributed by atoms with E-state index in [4.69, 9.17) is 0 Å². The van der Waals surface area contributed by atoms with Crippen molar-refractivity contribution in [3.8, 4) is 5.75 Å². The molecule has 0 aromatic heterocycles. The van der Waals surface area contributed by atoms with Crippen LogP contribution in [0.5, 0.6) is 5.75 Å². The van der Waals surface area contributed by atoms with Crippen LogP contribution in [-0.4, -0.2) is 29.6 Å². The molecule has 2 unspecified atom stereocenters. The molecule has 4 nitrogen and oxygen atoms in total. The number of carbonyl (C=O) groups is 1. The molecule has 1 amide bonds. The van der Waals surface area contributed by atoms with Crippen LogP contribution in [0.1, 0.15) is 6.42 Å². The highest BCUT2D eigenvalue weighted by atomic mass is 16.3. The standard InChI is InChI=1S/C11H12N2O2/c14-9-3-1-2-8(5-9)13-6-7-4-10(12-7)11(13)15/h1-3,5,7,10,12,14H,4,6H2. The van der Waals surface area contributed by atoms with Gasteiger partial charge in [0.2, 0.25) is 5.91 Å². The lowest BCUT2D eigenvalue weighted by molar-refractivity contribution is -0.125. The van der Waals surface area contributed by atoms with Crippen LogP contribution in [0.4, 0.5) is 5.69 Å². The third-order valence-electron chi connectivity index (χ3n) is 3.07. The number of rotatable bonds is 1. The molecule has 3 aliphatic heterocycles. The summed E-state index contributed by atoms with van der Waals surface area (Å²) in [6, 6.07) is 7.26. The minimum absolute atomic E-state index is 0.00824. The lowest BCUT2D eigenvalue weighted by Crippen LogP contribution is -2.70. The minimum Gasteiger partial charge on any atom is -0.508 e. The van der Waals surface area contributed by atoms with Crippen molar-refractivity contribution in [3.05, 3.63) is 24.3 Å². The van der Waals surface area contributed by atoms with E-state index in [0.29, 0.717) is 12.6 Å². The van der Waals surface area contributed by atoms with Crippen molar-refractivity contribution < 1.29 is 9.90 Å². The average Bonchev–Trinajstić information content (AvgIpc) is 2.16. The predicted molar refractivity (Wildman–Crippen MR) is 55.8 cm³/mol. The van der Waals surface area contributed by atoms with Crippen molar-refractivity contribution in [1.29, 1.82) is 0 Å². The molecule has 3 saturated heterocycles. The third-order valence-corrected chi connectivity index (χ3v) is 3.07. The minimum atomic E-state index is -0.00824. The number of aromatic hydroxyl groups is 1. The van der Waals surface area contributed by atoms with E-state index < -0.39 is 0 Å². The quantitative estimate of drug-likeness (QED) is 0.699. The molecule has 2 atom stereocenters. The molecule has 78 valence electrons. The number of hydrogen-bond acceptors (Lipinski definition) is 3. The first-order valence-electron chi connectivity index (χ1n) is 5.10. The van der Waals surface area contributed by atoms with Crippen LogP contribution in [0.25, 0.3) is 0 Å². The van der Waals surface area contributed by atoms with Gasteiger partial charge in [-0.2, -0.15) is 0 Å². The fraction of sp³-hybridized carbons (Fsp3) is 0.364. The molecular weight excluding hydrogens is 192 g/mol. The molecule has 0 saturated carbocycles. The van der Waals surface area contributed by atoms with Gasteiger partial charge in [-0.3, -0.25) is 4.79 Å². The Labute approximate surface area is 87.5 Å². The van der Waals surface area contributed by atoms with E-state index >= 15 is 0 Å². The molecule has 1 aromatic carbocycles. The van der Waals surface area contributed by atoms with E-state index in [1.807, 2.05) is 6.07 Å². The van der Waals surface area contributed by atoms with E-state index in [1.54, 1.807) is 23.1 Å². The van der Waals surface area contributed by atoms with Gasteiger partial charge in [0.05, 0.1) is 6.04 Å². The molecule has 0 spiro atoms. The zero-order chi connectivity index (χ0) is 10.4. The molecule has 3 aliphatic rings. The summed E-state index contributed by atoms with van der Waals surface area (Å²) in [5.41, 5.74) is 0.788. The van der Waals surface area contributed by atoms with Crippen molar-refractivity contribution in [1.82, 2.24) is 5.32 Å². The number of phenols is 1. The van der Waals surface area contributed by atoms with E-state index in [2.05, 4.69) is 5.32 Å². The van der Waals surface area contributed by atoms with Crippen LogP contribution in [-0.2, 0) is 4.79 Å². The van der Waals surface area contributed by atoms with Crippen molar-refractivity contribution in [2.24, 2.45) is 0 Å². The number of nitrogens with zero attached hydrogens (tertiary/aromatic N) is 1. The van der Waals surface area contributed by atoms with Crippen molar-refractivity contribution >= 4 is 11.6 Å². The summed E-state index contributed by atoms with van der Waals surface area (Å²) in [5.74, 6) is 0.315. The first-order valence-corrected chi connectivity index (χ1v) is 5.10. The maximum Gasteiger partial charge on any atom is 0.244 e. The number of piperidine rings is 1. The number of piperazine rings is 1. The van der Waals surface area contributed by atoms with Gasteiger partial charge in [0.1, 0.15) is 5.75 Å². The Kier molecular flexibility index (Phi) is 1.73. The molecule has 0 radical (unpaired) electrons. The lowest BCUT2D eigenvalue weighted by atomic mass is 9.90. The summed E-state index contributed by atoms with van der Waals surface area (Å²) in [7, 11) is 0. The fourth-order valence-corrected chi connectivity index (χ4v) is 2.24. The number of carbonyl (C=O) groups excluding carboxylic acids is 1. The second-order valence-electron chi connectivity index (χ2n) is 4.12. The van der Waals surface area contributed by atoms with Crippen LogP contribution >= 0.6 is 0 Å². The van der Waals surface area contributed by atoms with Gasteiger partial charge in [-0.25, -0.2) is 0 Å². The van der Waals surface area contributed by atoms with Gasteiger partial charge in [-0.05, 0) is 18.6 Å². The summed E-state index contributed by atoms with van der Waals surface area (Å²) in [5, 5.41) is 12.5. The number of nitrogens with one attached hydrogen (secondary N) is 1. The predicted octanol–water partition coefficient (Wildman–Crippen LogP) is 0.469. The molecule has 3 heterocycles. The summed E-state index contributed by atoms with van der Waals surface area (Å²) >= 11 is 0. The first kappa shape index (κ1) is 8.73. The number of fused-ring (bicyclic) bond motifs is 2. The van der Waals surface area contributed by atoms with Crippen LogP contribution < -0.4 is 10.2 Å². The topological polar surface area (TPSA) is 52.6 Å². The monoisotopic (exact) mass is 204 g/mol. The molecular formula is C11H12N2O2. The number of benzene rings is 1. The Morgan fingerprint density at radius 3 is 2.93 bits per heavy atom. The second kappa shape index (κ2) is 2.97. The van der Waals surface area contributed by atoms with E-state index in [-0.39, 0.29) is 17.7 Å². The maximum atomic E-state index is 11.9. The van der Waals surface area contributed by atoms with Crippen molar-refractivity contribution in [2.45, 2.75) is 18.5 Å². The van der Waals surface area contributed by atoms with Crippen LogP contribution in [0.15, 0.2) is 24.3 Å². The summed E-state index contributed by atoms with van der Waals surface area (Å²) in [6.07, 6.45) is 0.953. The van der Waals surface area contributed by atoms with Gasteiger partial charge in [0, 0.05) is 24.3 Å². The maximum absolute atomic E-state index is 11.9. The molecule has 4 rings (SSSR count). The Hall–Kier alpha value is -1.55. The molecule has 2 bridgehead atoms. The van der Waals surface area contributed by atoms with E-state index in [0.717, 1.165) is 12.1 Å². The fourth-order valence-electron chi connectivity index (χ4n) is 2.24. The zero-order valence-corrected chi connectivity index (χ0v) is 8.18. The van der Waals surface area contributed by atoms with Gasteiger partial charge in [0.25, 0.3) is 0 Å². The zero-order valence-electron chi connectivity index (χ0n) is 8.18. The van der Waals surface area contributed by atoms with Gasteiger partial charge < -0.3 is 15.3 Å². The van der Waals surface area contributed by atoms with Crippen LogP contribution in [0, 0.1) is 0 Å². The molecule has 3 fully saturated rings. The Morgan fingerprint density at radius 2 is 2.27 bits per heavy atom. The van der Waals surface area contributed by atoms with Crippen LogP contribution in [0.3, 0.4) is 0 Å². The van der Waals surface area contributed by atoms with Crippen molar-refractivity contribution in [3.63, 3.8) is 0 Å². The first-order chi connectivity index (χ1) is 7.24. The summed E-state index contributed by atoms with van der Waals surface area (Å²) < 4.78 is 0. The Bertz CT molecular complexity index is 413. The molecule has 4 heteroatoms. The van der Waals surface area contributed by atoms with Gasteiger partial charge in [0.15, 0.2) is 0 Å². The highest BCUT2D eigenvalue weighted by molar-refractivity contribution is 5.99. The number of amides is 1. The van der Waals surface area contributed by atoms with Crippen molar-refractivity contribution in [2.75, 3.05) is 11.4 Å². The highest BCUT2D eigenvalue weighted by Crippen LogP contribution is 2.28. The SMILES string of the molecule is O=C1C2CC(CN1c1cccc(O)c1)N2. The Morgan fingerprint density at radius 1 is 1.47 bits per heavy atom. The third kappa shape index (κ3) is 1.29. The van der Waals surface area contributed by atoms with E-state index in [1.165, 1.54) is 0 Å². The van der Waals surface area contributed by atoms with Gasteiger partial charge in [-0.15, -0.1) is 0 Å². The smallest absolute Gasteiger partial charge is 0.244 e. The largest absolute Gasteiger partial charge is 0.508 e. The van der Waals surface area contributed by atoms with Crippen LogP contribution in [0.2, 0.25) is 0 Å². The van der Waals surface area contributed by atoms with Gasteiger partial charge >= 0.3 is 0 Å². The Balaban J connectivity index is 1.91. The average molecular weight is 204 g/mol. The normalized spacial score (nSPS) is 28.8. The van der Waals surface area contributed by atoms with Gasteiger partial charge in [-0.1, -0.05) is 6.07 Å². The number of hydrogen-bond donors (Lipinski definition) is 2. The van der Waals surface area contributed by atoms with E-state index in [9.17, 15) is 9.90 Å². The lowest BCUT2D eigenvalue weighted by Gasteiger charge is -2.47. The number of anilines is 1. The molecule has 2 N–H and O–H groups in total. The molecule has 1 aromatic rings. The highest BCUT2D eigenvalue weighted by Gasteiger charge is 2.43. The second-order valence-corrected chi connectivity index (χ2v) is 4.12. The molecule has 15 heavy (non-hydrogen) atoms. The summed E-state index contributed by atoms with van der Waals surface area (Å²) in [6.45, 7) is 0.707. The number of phenolic OH excluding ortho intramolecular Hbond substituents is 1. The summed E-state index contributed by atoms with van der Waals surface area (Å²) in [4.78, 5) is 13.6. The molecule has 0 aliphatic carbocycles.